The number of thiophene rings is 1. The van der Waals surface area contributed by atoms with Gasteiger partial charge in [-0.05, 0) is 22.0 Å². The summed E-state index contributed by atoms with van der Waals surface area (Å²) in [5.74, 6) is 0.645. The van der Waals surface area contributed by atoms with Crippen LogP contribution in [0.4, 0.5) is 0 Å². The molecule has 2 aromatic heterocycles. The van der Waals surface area contributed by atoms with Crippen molar-refractivity contribution in [2.45, 2.75) is 0 Å². The lowest BCUT2D eigenvalue weighted by atomic mass is 10.3. The van der Waals surface area contributed by atoms with Crippen LogP contribution in [0.25, 0.3) is 10.7 Å². The van der Waals surface area contributed by atoms with Crippen molar-refractivity contribution in [3.05, 3.63) is 33.9 Å². The molecule has 0 unspecified atom stereocenters. The fourth-order valence-electron chi connectivity index (χ4n) is 0.956. The molecule has 0 atom stereocenters. The third-order valence-corrected chi connectivity index (χ3v) is 3.28. The van der Waals surface area contributed by atoms with Crippen LogP contribution < -0.4 is 0 Å². The maximum absolute atomic E-state index is 10.4. The molecule has 0 saturated carbocycles. The highest BCUT2D eigenvalue weighted by atomic mass is 79.9. The van der Waals surface area contributed by atoms with Gasteiger partial charge >= 0.3 is 0 Å². The van der Waals surface area contributed by atoms with Crippen molar-refractivity contribution < 1.29 is 4.79 Å². The van der Waals surface area contributed by atoms with Gasteiger partial charge in [0.25, 0.3) is 0 Å². The smallest absolute Gasteiger partial charge is 0.169 e. The van der Waals surface area contributed by atoms with Gasteiger partial charge in [0.2, 0.25) is 0 Å². The van der Waals surface area contributed by atoms with Crippen LogP contribution >= 0.6 is 27.3 Å². The number of hydrogen-bond donors (Lipinski definition) is 0. The van der Waals surface area contributed by atoms with E-state index in [2.05, 4.69) is 25.9 Å². The SMILES string of the molecule is O=Cc1cnc(-c2cc(Br)cs2)nc1. The van der Waals surface area contributed by atoms with Crippen molar-refractivity contribution in [3.63, 3.8) is 0 Å². The van der Waals surface area contributed by atoms with E-state index >= 15 is 0 Å². The first-order valence-electron chi connectivity index (χ1n) is 3.81. The molecular weight excluding hydrogens is 264 g/mol. The highest BCUT2D eigenvalue weighted by Crippen LogP contribution is 2.26. The van der Waals surface area contributed by atoms with E-state index in [9.17, 15) is 4.79 Å². The number of carbonyl (C=O) groups excluding carboxylic acids is 1. The molecule has 2 heterocycles. The minimum Gasteiger partial charge on any atom is -0.298 e. The summed E-state index contributed by atoms with van der Waals surface area (Å²) in [5, 5.41) is 1.96. The maximum atomic E-state index is 10.4. The van der Waals surface area contributed by atoms with Gasteiger partial charge in [-0.1, -0.05) is 0 Å². The fraction of sp³-hybridized carbons (Fsp3) is 0. The third-order valence-electron chi connectivity index (χ3n) is 1.60. The van der Waals surface area contributed by atoms with E-state index in [1.807, 2.05) is 11.4 Å². The van der Waals surface area contributed by atoms with Crippen molar-refractivity contribution >= 4 is 33.6 Å². The molecule has 0 N–H and O–H groups in total. The first-order valence-corrected chi connectivity index (χ1v) is 5.48. The van der Waals surface area contributed by atoms with Crippen LogP contribution in [-0.4, -0.2) is 16.3 Å². The first kappa shape index (κ1) is 9.48. The molecule has 0 spiro atoms. The zero-order chi connectivity index (χ0) is 9.97. The molecule has 0 radical (unpaired) electrons. The van der Waals surface area contributed by atoms with Crippen molar-refractivity contribution in [1.29, 1.82) is 0 Å². The van der Waals surface area contributed by atoms with Gasteiger partial charge in [0, 0.05) is 22.2 Å². The standard InChI is InChI=1S/C9H5BrN2OS/c10-7-1-8(14-5-7)9-11-2-6(4-13)3-12-9/h1-5H. The van der Waals surface area contributed by atoms with E-state index in [0.717, 1.165) is 15.6 Å². The summed E-state index contributed by atoms with van der Waals surface area (Å²) in [6.07, 6.45) is 3.76. The Morgan fingerprint density at radius 3 is 2.57 bits per heavy atom. The molecule has 0 amide bonds. The average molecular weight is 269 g/mol. The molecule has 2 aromatic rings. The van der Waals surface area contributed by atoms with E-state index in [1.54, 1.807) is 11.3 Å². The molecule has 14 heavy (non-hydrogen) atoms. The summed E-state index contributed by atoms with van der Waals surface area (Å²) in [6, 6.07) is 1.95. The summed E-state index contributed by atoms with van der Waals surface area (Å²) >= 11 is 4.91. The second-order valence-corrected chi connectivity index (χ2v) is 4.41. The number of halogens is 1. The van der Waals surface area contributed by atoms with Gasteiger partial charge in [-0.25, -0.2) is 9.97 Å². The number of rotatable bonds is 2. The molecule has 0 saturated heterocycles. The van der Waals surface area contributed by atoms with E-state index in [0.29, 0.717) is 11.4 Å². The van der Waals surface area contributed by atoms with Gasteiger partial charge in [-0.3, -0.25) is 4.79 Å². The number of nitrogens with zero attached hydrogens (tertiary/aromatic N) is 2. The Bertz CT molecular complexity index is 452. The fourth-order valence-corrected chi connectivity index (χ4v) is 2.33. The maximum Gasteiger partial charge on any atom is 0.169 e. The van der Waals surface area contributed by atoms with E-state index in [-0.39, 0.29) is 0 Å². The van der Waals surface area contributed by atoms with Gasteiger partial charge < -0.3 is 0 Å². The van der Waals surface area contributed by atoms with Gasteiger partial charge in [0.05, 0.1) is 10.4 Å². The third kappa shape index (κ3) is 1.88. The Hall–Kier alpha value is -1.07. The second kappa shape index (κ2) is 3.98. The van der Waals surface area contributed by atoms with Crippen molar-refractivity contribution in [2.24, 2.45) is 0 Å². The number of aromatic nitrogens is 2. The summed E-state index contributed by atoms with van der Waals surface area (Å²) < 4.78 is 1.01. The molecule has 0 aliphatic carbocycles. The van der Waals surface area contributed by atoms with Crippen LogP contribution in [0.2, 0.25) is 0 Å². The largest absolute Gasteiger partial charge is 0.298 e. The normalized spacial score (nSPS) is 10.1. The van der Waals surface area contributed by atoms with Crippen LogP contribution in [0.5, 0.6) is 0 Å². The molecule has 0 aliphatic heterocycles. The molecular formula is C9H5BrN2OS. The zero-order valence-corrected chi connectivity index (χ0v) is 9.38. The summed E-state index contributed by atoms with van der Waals surface area (Å²) in [7, 11) is 0. The van der Waals surface area contributed by atoms with Crippen LogP contribution in [-0.2, 0) is 0 Å². The van der Waals surface area contributed by atoms with Crippen LogP contribution in [0, 0.1) is 0 Å². The lowest BCUT2D eigenvalue weighted by Crippen LogP contribution is -1.88. The monoisotopic (exact) mass is 268 g/mol. The highest BCUT2D eigenvalue weighted by molar-refractivity contribution is 9.10. The van der Waals surface area contributed by atoms with E-state index in [4.69, 9.17) is 0 Å². The number of hydrogen-bond acceptors (Lipinski definition) is 4. The minimum absolute atomic E-state index is 0.490. The van der Waals surface area contributed by atoms with Crippen molar-refractivity contribution in [3.8, 4) is 10.7 Å². The molecule has 70 valence electrons. The quantitative estimate of drug-likeness (QED) is 0.787. The Morgan fingerprint density at radius 1 is 1.36 bits per heavy atom. The van der Waals surface area contributed by atoms with Crippen molar-refractivity contribution in [1.82, 2.24) is 9.97 Å². The Labute approximate surface area is 93.0 Å². The minimum atomic E-state index is 0.490. The molecule has 3 nitrogen and oxygen atoms in total. The van der Waals surface area contributed by atoms with Gasteiger partial charge in [-0.15, -0.1) is 11.3 Å². The van der Waals surface area contributed by atoms with Gasteiger partial charge in [0.15, 0.2) is 12.1 Å². The van der Waals surface area contributed by atoms with Crippen LogP contribution in [0.15, 0.2) is 28.3 Å². The first-order chi connectivity index (χ1) is 6.79. The molecule has 0 bridgehead atoms. The molecule has 0 aromatic carbocycles. The number of aldehydes is 1. The second-order valence-electron chi connectivity index (χ2n) is 2.59. The molecule has 0 fully saturated rings. The van der Waals surface area contributed by atoms with Gasteiger partial charge in [-0.2, -0.15) is 0 Å². The highest BCUT2D eigenvalue weighted by Gasteiger charge is 2.03. The molecule has 2 rings (SSSR count). The van der Waals surface area contributed by atoms with Crippen LogP contribution in [0.1, 0.15) is 10.4 Å². The Kier molecular flexibility index (Phi) is 2.69. The molecule has 5 heteroatoms. The predicted octanol–water partition coefficient (Wildman–Crippen LogP) is 2.78. The number of carbonyl (C=O) groups is 1. The topological polar surface area (TPSA) is 42.9 Å². The zero-order valence-electron chi connectivity index (χ0n) is 6.98. The predicted molar refractivity (Wildman–Crippen MR) is 58.4 cm³/mol. The van der Waals surface area contributed by atoms with Crippen molar-refractivity contribution in [2.75, 3.05) is 0 Å². The van der Waals surface area contributed by atoms with E-state index < -0.39 is 0 Å². The summed E-state index contributed by atoms with van der Waals surface area (Å²) in [4.78, 5) is 19.5. The Balaban J connectivity index is 2.38. The summed E-state index contributed by atoms with van der Waals surface area (Å²) in [5.41, 5.74) is 0.490. The summed E-state index contributed by atoms with van der Waals surface area (Å²) in [6.45, 7) is 0. The van der Waals surface area contributed by atoms with Gasteiger partial charge in [0.1, 0.15) is 0 Å². The lowest BCUT2D eigenvalue weighted by molar-refractivity contribution is 0.112. The lowest BCUT2D eigenvalue weighted by Gasteiger charge is -1.94. The van der Waals surface area contributed by atoms with Crippen LogP contribution in [0.3, 0.4) is 0 Å². The van der Waals surface area contributed by atoms with E-state index in [1.165, 1.54) is 12.4 Å². The molecule has 0 aliphatic rings. The Morgan fingerprint density at radius 2 is 2.07 bits per heavy atom. The average Bonchev–Trinajstić information content (AvgIpc) is 2.65.